The first kappa shape index (κ1) is 21.5. The molecule has 3 aromatic carbocycles. The van der Waals surface area contributed by atoms with Gasteiger partial charge in [-0.25, -0.2) is 4.79 Å². The molecule has 0 fully saturated rings. The SMILES string of the molecule is COC(=O)/C=C\C(CC(=O)OC)NC1(c2ccccc2)c2ccccc2-c2ccccc21. The van der Waals surface area contributed by atoms with Crippen molar-refractivity contribution in [3.05, 3.63) is 108 Å². The molecule has 0 radical (unpaired) electrons. The third-order valence-electron chi connectivity index (χ3n) is 5.84. The second-order valence-electron chi connectivity index (χ2n) is 7.62. The van der Waals surface area contributed by atoms with Crippen molar-refractivity contribution in [1.82, 2.24) is 5.32 Å². The lowest BCUT2D eigenvalue weighted by Gasteiger charge is -2.37. The lowest BCUT2D eigenvalue weighted by atomic mass is 9.79. The number of rotatable bonds is 7. The maximum Gasteiger partial charge on any atom is 0.330 e. The zero-order valence-corrected chi connectivity index (χ0v) is 18.1. The Kier molecular flexibility index (Phi) is 6.19. The minimum atomic E-state index is -0.715. The van der Waals surface area contributed by atoms with Gasteiger partial charge < -0.3 is 9.47 Å². The quantitative estimate of drug-likeness (QED) is 0.452. The molecule has 0 bridgehead atoms. The maximum absolute atomic E-state index is 12.2. The third-order valence-corrected chi connectivity index (χ3v) is 5.84. The van der Waals surface area contributed by atoms with Gasteiger partial charge in [-0.05, 0) is 27.8 Å². The fourth-order valence-corrected chi connectivity index (χ4v) is 4.44. The Morgan fingerprint density at radius 1 is 0.844 bits per heavy atom. The van der Waals surface area contributed by atoms with Gasteiger partial charge >= 0.3 is 11.9 Å². The highest BCUT2D eigenvalue weighted by molar-refractivity contribution is 5.84. The lowest BCUT2D eigenvalue weighted by Crippen LogP contribution is -2.48. The average Bonchev–Trinajstić information content (AvgIpc) is 3.13. The van der Waals surface area contributed by atoms with Crippen LogP contribution in [0.3, 0.4) is 0 Å². The fourth-order valence-electron chi connectivity index (χ4n) is 4.44. The number of fused-ring (bicyclic) bond motifs is 3. The summed E-state index contributed by atoms with van der Waals surface area (Å²) in [6.45, 7) is 0. The number of nitrogens with one attached hydrogen (secondary N) is 1. The standard InChI is InChI=1S/C27H25NO4/c1-31-25(29)17-16-20(18-26(30)32-2)28-27(19-10-4-3-5-11-19)23-14-8-6-12-21(23)22-13-7-9-15-24(22)27/h3-17,20,28H,18H2,1-2H3/b17-16-. The molecule has 0 heterocycles. The Morgan fingerprint density at radius 2 is 1.41 bits per heavy atom. The van der Waals surface area contributed by atoms with E-state index in [4.69, 9.17) is 9.47 Å². The lowest BCUT2D eigenvalue weighted by molar-refractivity contribution is -0.141. The van der Waals surface area contributed by atoms with E-state index in [2.05, 4.69) is 41.7 Å². The van der Waals surface area contributed by atoms with Crippen LogP contribution in [0.25, 0.3) is 11.1 Å². The van der Waals surface area contributed by atoms with Crippen LogP contribution in [-0.2, 0) is 24.6 Å². The summed E-state index contributed by atoms with van der Waals surface area (Å²) in [6, 6.07) is 26.2. The molecular formula is C27H25NO4. The number of benzene rings is 3. The molecule has 1 unspecified atom stereocenters. The van der Waals surface area contributed by atoms with Gasteiger partial charge in [-0.3, -0.25) is 10.1 Å². The summed E-state index contributed by atoms with van der Waals surface area (Å²) in [5.41, 5.74) is 4.77. The predicted octanol–water partition coefficient (Wildman–Crippen LogP) is 4.21. The van der Waals surface area contributed by atoms with E-state index in [-0.39, 0.29) is 12.4 Å². The number of methoxy groups -OCH3 is 2. The Balaban J connectivity index is 1.91. The number of ether oxygens (including phenoxy) is 2. The van der Waals surface area contributed by atoms with E-state index in [0.29, 0.717) is 0 Å². The molecule has 5 heteroatoms. The molecule has 1 aliphatic carbocycles. The molecule has 0 spiro atoms. The van der Waals surface area contributed by atoms with E-state index >= 15 is 0 Å². The highest BCUT2D eigenvalue weighted by Crippen LogP contribution is 2.51. The van der Waals surface area contributed by atoms with Gasteiger partial charge in [0.2, 0.25) is 0 Å². The number of carbonyl (C=O) groups excluding carboxylic acids is 2. The molecular weight excluding hydrogens is 402 g/mol. The van der Waals surface area contributed by atoms with Crippen LogP contribution in [0.4, 0.5) is 0 Å². The Labute approximate surface area is 187 Å². The van der Waals surface area contributed by atoms with E-state index < -0.39 is 17.6 Å². The molecule has 5 nitrogen and oxygen atoms in total. The minimum Gasteiger partial charge on any atom is -0.469 e. The summed E-state index contributed by atoms with van der Waals surface area (Å²) >= 11 is 0. The van der Waals surface area contributed by atoms with E-state index in [9.17, 15) is 9.59 Å². The van der Waals surface area contributed by atoms with Crippen LogP contribution in [0.1, 0.15) is 23.1 Å². The van der Waals surface area contributed by atoms with E-state index in [1.807, 2.05) is 42.5 Å². The summed E-state index contributed by atoms with van der Waals surface area (Å²) < 4.78 is 9.68. The van der Waals surface area contributed by atoms with Crippen LogP contribution in [0.2, 0.25) is 0 Å². The predicted molar refractivity (Wildman–Crippen MR) is 123 cm³/mol. The highest BCUT2D eigenvalue weighted by atomic mass is 16.5. The summed E-state index contributed by atoms with van der Waals surface area (Å²) in [5, 5.41) is 3.71. The molecule has 0 aliphatic heterocycles. The summed E-state index contributed by atoms with van der Waals surface area (Å²) in [7, 11) is 2.68. The van der Waals surface area contributed by atoms with Gasteiger partial charge in [-0.15, -0.1) is 0 Å². The second kappa shape index (κ2) is 9.20. The Morgan fingerprint density at radius 3 is 1.97 bits per heavy atom. The van der Waals surface area contributed by atoms with Crippen LogP contribution in [0.5, 0.6) is 0 Å². The Hall–Kier alpha value is -3.70. The molecule has 4 rings (SSSR count). The van der Waals surface area contributed by atoms with E-state index in [1.54, 1.807) is 6.08 Å². The van der Waals surface area contributed by atoms with Crippen LogP contribution in [-0.4, -0.2) is 32.2 Å². The van der Waals surface area contributed by atoms with Crippen molar-refractivity contribution in [1.29, 1.82) is 0 Å². The summed E-state index contributed by atoms with van der Waals surface area (Å²) in [5.74, 6) is -0.859. The Bertz CT molecular complexity index is 1110. The largest absolute Gasteiger partial charge is 0.469 e. The van der Waals surface area contributed by atoms with Gasteiger partial charge in [0.15, 0.2) is 0 Å². The number of carbonyl (C=O) groups is 2. The third kappa shape index (κ3) is 3.83. The van der Waals surface area contributed by atoms with Gasteiger partial charge in [0, 0.05) is 12.1 Å². The van der Waals surface area contributed by atoms with Crippen LogP contribution in [0.15, 0.2) is 91.0 Å². The normalized spacial score (nSPS) is 14.4. The smallest absolute Gasteiger partial charge is 0.330 e. The van der Waals surface area contributed by atoms with Crippen molar-refractivity contribution in [2.75, 3.05) is 14.2 Å². The highest BCUT2D eigenvalue weighted by Gasteiger charge is 2.45. The molecule has 0 aromatic heterocycles. The van der Waals surface area contributed by atoms with Crippen molar-refractivity contribution in [2.45, 2.75) is 18.0 Å². The monoisotopic (exact) mass is 427 g/mol. The van der Waals surface area contributed by atoms with Crippen molar-refractivity contribution < 1.29 is 19.1 Å². The van der Waals surface area contributed by atoms with Gasteiger partial charge in [0.25, 0.3) is 0 Å². The topological polar surface area (TPSA) is 64.6 Å². The van der Waals surface area contributed by atoms with E-state index in [1.165, 1.54) is 20.3 Å². The van der Waals surface area contributed by atoms with Crippen LogP contribution >= 0.6 is 0 Å². The molecule has 3 aromatic rings. The molecule has 0 saturated heterocycles. The van der Waals surface area contributed by atoms with Crippen LogP contribution < -0.4 is 5.32 Å². The molecule has 1 aliphatic rings. The first-order chi connectivity index (χ1) is 15.6. The average molecular weight is 428 g/mol. The van der Waals surface area contributed by atoms with Crippen molar-refractivity contribution in [3.63, 3.8) is 0 Å². The zero-order valence-electron chi connectivity index (χ0n) is 18.1. The maximum atomic E-state index is 12.2. The van der Waals surface area contributed by atoms with Crippen molar-refractivity contribution in [2.24, 2.45) is 0 Å². The molecule has 1 N–H and O–H groups in total. The van der Waals surface area contributed by atoms with Gasteiger partial charge in [0.05, 0.1) is 26.2 Å². The number of hydrogen-bond donors (Lipinski definition) is 1. The molecule has 0 saturated carbocycles. The first-order valence-corrected chi connectivity index (χ1v) is 10.5. The first-order valence-electron chi connectivity index (χ1n) is 10.5. The summed E-state index contributed by atoms with van der Waals surface area (Å²) in [4.78, 5) is 24.0. The molecule has 1 atom stereocenters. The molecule has 0 amide bonds. The second-order valence-corrected chi connectivity index (χ2v) is 7.62. The van der Waals surface area contributed by atoms with Crippen LogP contribution in [0, 0.1) is 0 Å². The van der Waals surface area contributed by atoms with Gasteiger partial charge in [-0.2, -0.15) is 0 Å². The minimum absolute atomic E-state index is 0.0584. The van der Waals surface area contributed by atoms with Gasteiger partial charge in [0.1, 0.15) is 0 Å². The fraction of sp³-hybridized carbons (Fsp3) is 0.185. The number of esters is 2. The van der Waals surface area contributed by atoms with Crippen molar-refractivity contribution >= 4 is 11.9 Å². The summed E-state index contributed by atoms with van der Waals surface area (Å²) in [6.07, 6.45) is 3.06. The molecule has 162 valence electrons. The molecule has 32 heavy (non-hydrogen) atoms. The van der Waals surface area contributed by atoms with Gasteiger partial charge in [-0.1, -0.05) is 84.9 Å². The number of hydrogen-bond acceptors (Lipinski definition) is 5. The van der Waals surface area contributed by atoms with Crippen molar-refractivity contribution in [3.8, 4) is 11.1 Å². The van der Waals surface area contributed by atoms with E-state index in [0.717, 1.165) is 27.8 Å². The zero-order chi connectivity index (χ0) is 22.6.